The Hall–Kier alpha value is -1.57. The number of hydrogen-bond donors (Lipinski definition) is 1. The summed E-state index contributed by atoms with van der Waals surface area (Å²) >= 11 is 0. The summed E-state index contributed by atoms with van der Waals surface area (Å²) in [5, 5.41) is 0. The standard InChI is InChI=1S/C20H29O3P/c1-3-5-8-17-20(4-2)24(21,22-18-13-9-6-10-14-18)23-19-15-11-7-12-16-19/h6-7,9-16,20-21,24H,3-5,8,17H2,1-2H3. The van der Waals surface area contributed by atoms with Gasteiger partial charge < -0.3 is 0 Å². The third-order valence-corrected chi connectivity index (χ3v) is 6.96. The average Bonchev–Trinajstić information content (AvgIpc) is 2.60. The summed E-state index contributed by atoms with van der Waals surface area (Å²) in [5.41, 5.74) is 0.0319. The molecule has 0 radical (unpaired) electrons. The van der Waals surface area contributed by atoms with E-state index in [9.17, 15) is 4.89 Å². The second kappa shape index (κ2) is 9.66. The Morgan fingerprint density at radius 1 is 0.833 bits per heavy atom. The van der Waals surface area contributed by atoms with Gasteiger partial charge in [-0.3, -0.25) is 0 Å². The van der Waals surface area contributed by atoms with E-state index in [0.717, 1.165) is 32.1 Å². The Morgan fingerprint density at radius 3 is 1.75 bits per heavy atom. The molecular weight excluding hydrogens is 319 g/mol. The van der Waals surface area contributed by atoms with E-state index >= 15 is 0 Å². The molecule has 0 bridgehead atoms. The molecule has 1 atom stereocenters. The van der Waals surface area contributed by atoms with E-state index in [2.05, 4.69) is 13.8 Å². The first-order valence-corrected chi connectivity index (χ1v) is 10.7. The van der Waals surface area contributed by atoms with Gasteiger partial charge in [-0.1, -0.05) is 0 Å². The number of rotatable bonds is 10. The predicted octanol–water partition coefficient (Wildman–Crippen LogP) is 5.99. The third kappa shape index (κ3) is 5.51. The topological polar surface area (TPSA) is 38.7 Å². The van der Waals surface area contributed by atoms with Gasteiger partial charge in [0.1, 0.15) is 0 Å². The molecule has 0 amide bonds. The second-order valence-electron chi connectivity index (χ2n) is 6.06. The van der Waals surface area contributed by atoms with E-state index in [0.29, 0.717) is 11.5 Å². The van der Waals surface area contributed by atoms with Gasteiger partial charge in [0.25, 0.3) is 0 Å². The molecule has 24 heavy (non-hydrogen) atoms. The molecule has 0 heterocycles. The number of unbranched alkanes of at least 4 members (excludes halogenated alkanes) is 2. The van der Waals surface area contributed by atoms with Crippen molar-refractivity contribution < 1.29 is 13.9 Å². The van der Waals surface area contributed by atoms with Crippen LogP contribution in [0.15, 0.2) is 60.7 Å². The van der Waals surface area contributed by atoms with Crippen LogP contribution in [0.3, 0.4) is 0 Å². The van der Waals surface area contributed by atoms with Crippen LogP contribution in [0.4, 0.5) is 0 Å². The van der Waals surface area contributed by atoms with Gasteiger partial charge in [-0.15, -0.1) is 0 Å². The summed E-state index contributed by atoms with van der Waals surface area (Å²) in [6.07, 6.45) is 5.17. The molecule has 2 aromatic carbocycles. The molecule has 1 N–H and O–H groups in total. The number of benzene rings is 2. The first-order chi connectivity index (χ1) is 11.7. The molecule has 0 aliphatic heterocycles. The van der Waals surface area contributed by atoms with Crippen molar-refractivity contribution >= 4 is 7.94 Å². The van der Waals surface area contributed by atoms with Crippen molar-refractivity contribution in [2.75, 3.05) is 0 Å². The molecule has 132 valence electrons. The normalized spacial score (nSPS) is 13.3. The summed E-state index contributed by atoms with van der Waals surface area (Å²) in [6, 6.07) is 19.0. The minimum atomic E-state index is -3.41. The fourth-order valence-corrected chi connectivity index (χ4v) is 5.19. The van der Waals surface area contributed by atoms with Crippen LogP contribution in [-0.4, -0.2) is 10.6 Å². The van der Waals surface area contributed by atoms with Crippen LogP contribution in [0.5, 0.6) is 11.5 Å². The van der Waals surface area contributed by atoms with E-state index < -0.39 is 7.94 Å². The zero-order valence-electron chi connectivity index (χ0n) is 14.7. The Bertz CT molecular complexity index is 532. The van der Waals surface area contributed by atoms with Gasteiger partial charge in [0.2, 0.25) is 0 Å². The van der Waals surface area contributed by atoms with Crippen molar-refractivity contribution in [1.82, 2.24) is 0 Å². The zero-order valence-corrected chi connectivity index (χ0v) is 15.7. The van der Waals surface area contributed by atoms with Gasteiger partial charge in [-0.05, 0) is 0 Å². The van der Waals surface area contributed by atoms with Crippen LogP contribution in [0.1, 0.15) is 46.0 Å². The molecule has 0 aliphatic carbocycles. The fraction of sp³-hybridized carbons (Fsp3) is 0.400. The molecule has 0 aliphatic rings. The van der Waals surface area contributed by atoms with E-state index in [1.54, 1.807) is 0 Å². The van der Waals surface area contributed by atoms with Crippen molar-refractivity contribution in [2.24, 2.45) is 0 Å². The van der Waals surface area contributed by atoms with Crippen molar-refractivity contribution in [3.63, 3.8) is 0 Å². The molecule has 2 rings (SSSR count). The maximum atomic E-state index is 11.4. The van der Waals surface area contributed by atoms with Crippen LogP contribution >= 0.6 is 7.94 Å². The molecule has 0 saturated carbocycles. The third-order valence-electron chi connectivity index (χ3n) is 4.18. The average molecular weight is 348 g/mol. The molecule has 1 unspecified atom stereocenters. The van der Waals surface area contributed by atoms with Crippen molar-refractivity contribution in [3.05, 3.63) is 60.7 Å². The summed E-state index contributed by atoms with van der Waals surface area (Å²) in [5.74, 6) is 1.33. The van der Waals surface area contributed by atoms with Crippen molar-refractivity contribution in [1.29, 1.82) is 0 Å². The fourth-order valence-electron chi connectivity index (χ4n) is 2.79. The number of para-hydroxylation sites is 2. The predicted molar refractivity (Wildman–Crippen MR) is 103 cm³/mol. The van der Waals surface area contributed by atoms with Crippen LogP contribution in [0.25, 0.3) is 0 Å². The molecule has 2 aromatic rings. The Balaban J connectivity index is 2.21. The summed E-state index contributed by atoms with van der Waals surface area (Å²) in [7, 11) is -3.41. The van der Waals surface area contributed by atoms with Crippen LogP contribution in [0, 0.1) is 0 Å². The molecule has 3 nitrogen and oxygen atoms in total. The van der Waals surface area contributed by atoms with Crippen LogP contribution in [-0.2, 0) is 0 Å². The van der Waals surface area contributed by atoms with Gasteiger partial charge >= 0.3 is 146 Å². The first-order valence-electron chi connectivity index (χ1n) is 8.88. The van der Waals surface area contributed by atoms with Crippen LogP contribution in [0.2, 0.25) is 0 Å². The van der Waals surface area contributed by atoms with E-state index in [1.807, 2.05) is 60.7 Å². The Kier molecular flexibility index (Phi) is 7.55. The monoisotopic (exact) mass is 348 g/mol. The van der Waals surface area contributed by atoms with E-state index in [-0.39, 0.29) is 5.66 Å². The quantitative estimate of drug-likeness (QED) is 0.423. The van der Waals surface area contributed by atoms with E-state index in [1.165, 1.54) is 0 Å². The second-order valence-corrected chi connectivity index (χ2v) is 8.55. The van der Waals surface area contributed by atoms with Crippen molar-refractivity contribution in [3.8, 4) is 11.5 Å². The van der Waals surface area contributed by atoms with Crippen molar-refractivity contribution in [2.45, 2.75) is 51.6 Å². The van der Waals surface area contributed by atoms with E-state index in [4.69, 9.17) is 9.05 Å². The molecule has 0 spiro atoms. The zero-order chi connectivity index (χ0) is 17.3. The van der Waals surface area contributed by atoms with Gasteiger partial charge in [0, 0.05) is 0 Å². The molecule has 0 aromatic heterocycles. The van der Waals surface area contributed by atoms with Gasteiger partial charge in [-0.25, -0.2) is 0 Å². The first kappa shape index (κ1) is 18.8. The Labute approximate surface area is 146 Å². The van der Waals surface area contributed by atoms with Gasteiger partial charge in [0.05, 0.1) is 0 Å². The van der Waals surface area contributed by atoms with Gasteiger partial charge in [-0.2, -0.15) is 0 Å². The summed E-state index contributed by atoms with van der Waals surface area (Å²) in [6.45, 7) is 4.28. The Morgan fingerprint density at radius 2 is 1.33 bits per heavy atom. The summed E-state index contributed by atoms with van der Waals surface area (Å²) < 4.78 is 12.1. The molecule has 0 saturated heterocycles. The van der Waals surface area contributed by atoms with Crippen LogP contribution < -0.4 is 9.05 Å². The molecular formula is C20H29O3P. The van der Waals surface area contributed by atoms with Gasteiger partial charge in [0.15, 0.2) is 0 Å². The summed E-state index contributed by atoms with van der Waals surface area (Å²) in [4.78, 5) is 11.4. The SMILES string of the molecule is CCCCCC(CC)[PH](O)(Oc1ccccc1)Oc1ccccc1. The molecule has 4 heteroatoms. The minimum absolute atomic E-state index is 0.0319. The molecule has 0 fully saturated rings. The number of hydrogen-bond acceptors (Lipinski definition) is 3. The maximum absolute atomic E-state index is 11.4.